The molecule has 0 unspecified atom stereocenters. The zero-order valence-corrected chi connectivity index (χ0v) is 11.5. The Morgan fingerprint density at radius 2 is 2.05 bits per heavy atom. The van der Waals surface area contributed by atoms with Crippen molar-refractivity contribution < 1.29 is 19.0 Å². The van der Waals surface area contributed by atoms with E-state index in [2.05, 4.69) is 0 Å². The Labute approximate surface area is 122 Å². The van der Waals surface area contributed by atoms with Gasteiger partial charge in [-0.25, -0.2) is 9.18 Å². The molecule has 3 nitrogen and oxygen atoms in total. The van der Waals surface area contributed by atoms with E-state index in [9.17, 15) is 9.18 Å². The standard InChI is InChI=1S/C17H15FO3/c1-2-12-4-3-5-15(9-12)21-16-10-13(6-7-17(19)20)8-14(18)11-16/h3-11H,2H2,1H3,(H,19,20)/b7-6+. The maximum Gasteiger partial charge on any atom is 0.328 e. The summed E-state index contributed by atoms with van der Waals surface area (Å²) in [5, 5.41) is 8.59. The first-order valence-electron chi connectivity index (χ1n) is 6.55. The van der Waals surface area contributed by atoms with Crippen LogP contribution in [0.3, 0.4) is 0 Å². The van der Waals surface area contributed by atoms with Crippen molar-refractivity contribution in [3.8, 4) is 11.5 Å². The van der Waals surface area contributed by atoms with E-state index in [4.69, 9.17) is 9.84 Å². The summed E-state index contributed by atoms with van der Waals surface area (Å²) in [4.78, 5) is 10.5. The summed E-state index contributed by atoms with van der Waals surface area (Å²) in [6, 6.07) is 11.6. The molecule has 4 heteroatoms. The van der Waals surface area contributed by atoms with Gasteiger partial charge in [0, 0.05) is 12.1 Å². The Morgan fingerprint density at radius 3 is 2.76 bits per heavy atom. The highest BCUT2D eigenvalue weighted by Gasteiger charge is 2.03. The molecule has 1 N–H and O–H groups in total. The van der Waals surface area contributed by atoms with Gasteiger partial charge in [-0.05, 0) is 47.9 Å². The van der Waals surface area contributed by atoms with Gasteiger partial charge in [0.2, 0.25) is 0 Å². The first-order valence-corrected chi connectivity index (χ1v) is 6.55. The Kier molecular flexibility index (Phi) is 4.72. The lowest BCUT2D eigenvalue weighted by Gasteiger charge is -2.08. The van der Waals surface area contributed by atoms with E-state index in [-0.39, 0.29) is 0 Å². The number of rotatable bonds is 5. The van der Waals surface area contributed by atoms with Gasteiger partial charge in [0.25, 0.3) is 0 Å². The number of halogens is 1. The van der Waals surface area contributed by atoms with Crippen LogP contribution >= 0.6 is 0 Å². The summed E-state index contributed by atoms with van der Waals surface area (Å²) in [6.45, 7) is 2.04. The molecular formula is C17H15FO3. The molecular weight excluding hydrogens is 271 g/mol. The molecule has 0 saturated heterocycles. The molecule has 0 aliphatic rings. The Balaban J connectivity index is 2.25. The number of carboxylic acid groups (broad SMARTS) is 1. The van der Waals surface area contributed by atoms with Gasteiger partial charge in [-0.3, -0.25) is 0 Å². The average molecular weight is 286 g/mol. The molecule has 2 rings (SSSR count). The van der Waals surface area contributed by atoms with E-state index in [1.807, 2.05) is 25.1 Å². The van der Waals surface area contributed by atoms with Crippen LogP contribution in [0.5, 0.6) is 11.5 Å². The summed E-state index contributed by atoms with van der Waals surface area (Å²) < 4.78 is 19.2. The third-order valence-electron chi connectivity index (χ3n) is 2.85. The van der Waals surface area contributed by atoms with Gasteiger partial charge in [-0.1, -0.05) is 19.1 Å². The Morgan fingerprint density at radius 1 is 1.24 bits per heavy atom. The molecule has 2 aromatic rings. The summed E-state index contributed by atoms with van der Waals surface area (Å²) in [5.41, 5.74) is 1.55. The van der Waals surface area contributed by atoms with E-state index in [1.165, 1.54) is 18.2 Å². The number of hydrogen-bond acceptors (Lipinski definition) is 2. The molecule has 2 aromatic carbocycles. The van der Waals surface area contributed by atoms with E-state index in [1.54, 1.807) is 12.1 Å². The number of aryl methyl sites for hydroxylation is 1. The maximum absolute atomic E-state index is 13.5. The Bertz CT molecular complexity index is 677. The second kappa shape index (κ2) is 6.70. The number of hydrogen-bond donors (Lipinski definition) is 1. The minimum Gasteiger partial charge on any atom is -0.478 e. The van der Waals surface area contributed by atoms with Crippen molar-refractivity contribution in [1.82, 2.24) is 0 Å². The van der Waals surface area contributed by atoms with Crippen LogP contribution in [0.2, 0.25) is 0 Å². The lowest BCUT2D eigenvalue weighted by molar-refractivity contribution is -0.131. The van der Waals surface area contributed by atoms with Crippen molar-refractivity contribution in [2.45, 2.75) is 13.3 Å². The first-order chi connectivity index (χ1) is 10.1. The van der Waals surface area contributed by atoms with Gasteiger partial charge >= 0.3 is 5.97 Å². The lowest BCUT2D eigenvalue weighted by atomic mass is 10.1. The molecule has 0 aliphatic heterocycles. The van der Waals surface area contributed by atoms with Crippen LogP contribution in [0, 0.1) is 5.82 Å². The maximum atomic E-state index is 13.5. The fraction of sp³-hybridized carbons (Fsp3) is 0.118. The zero-order chi connectivity index (χ0) is 15.2. The van der Waals surface area contributed by atoms with Crippen LogP contribution < -0.4 is 4.74 Å². The highest BCUT2D eigenvalue weighted by atomic mass is 19.1. The van der Waals surface area contributed by atoms with Crippen LogP contribution in [0.4, 0.5) is 4.39 Å². The first kappa shape index (κ1) is 14.8. The number of carbonyl (C=O) groups is 1. The minimum atomic E-state index is -1.09. The van der Waals surface area contributed by atoms with E-state index in [0.29, 0.717) is 17.1 Å². The van der Waals surface area contributed by atoms with E-state index < -0.39 is 11.8 Å². The summed E-state index contributed by atoms with van der Waals surface area (Å²) >= 11 is 0. The normalized spacial score (nSPS) is 10.8. The van der Waals surface area contributed by atoms with E-state index in [0.717, 1.165) is 18.1 Å². The van der Waals surface area contributed by atoms with Crippen LogP contribution in [0.15, 0.2) is 48.5 Å². The summed E-state index contributed by atoms with van der Waals surface area (Å²) in [7, 11) is 0. The molecule has 0 radical (unpaired) electrons. The molecule has 0 fully saturated rings. The molecule has 0 bridgehead atoms. The van der Waals surface area contributed by atoms with E-state index >= 15 is 0 Å². The van der Waals surface area contributed by atoms with Crippen molar-refractivity contribution >= 4 is 12.0 Å². The highest BCUT2D eigenvalue weighted by molar-refractivity contribution is 5.85. The number of ether oxygens (including phenoxy) is 1. The third-order valence-corrected chi connectivity index (χ3v) is 2.85. The topological polar surface area (TPSA) is 46.5 Å². The monoisotopic (exact) mass is 286 g/mol. The molecule has 0 aromatic heterocycles. The van der Waals surface area contributed by atoms with Gasteiger partial charge < -0.3 is 9.84 Å². The minimum absolute atomic E-state index is 0.327. The summed E-state index contributed by atoms with van der Waals surface area (Å²) in [6.07, 6.45) is 3.16. The largest absolute Gasteiger partial charge is 0.478 e. The van der Waals surface area contributed by atoms with Gasteiger partial charge in [0.15, 0.2) is 0 Å². The van der Waals surface area contributed by atoms with Crippen molar-refractivity contribution in [3.05, 3.63) is 65.5 Å². The average Bonchev–Trinajstić information content (AvgIpc) is 2.45. The van der Waals surface area contributed by atoms with Gasteiger partial charge in [0.1, 0.15) is 17.3 Å². The predicted molar refractivity (Wildman–Crippen MR) is 79.0 cm³/mol. The van der Waals surface area contributed by atoms with Crippen molar-refractivity contribution in [2.75, 3.05) is 0 Å². The Hall–Kier alpha value is -2.62. The second-order valence-corrected chi connectivity index (χ2v) is 4.49. The SMILES string of the molecule is CCc1cccc(Oc2cc(F)cc(/C=C/C(=O)O)c2)c1. The fourth-order valence-electron chi connectivity index (χ4n) is 1.87. The van der Waals surface area contributed by atoms with Crippen LogP contribution in [-0.4, -0.2) is 11.1 Å². The smallest absolute Gasteiger partial charge is 0.328 e. The zero-order valence-electron chi connectivity index (χ0n) is 11.5. The number of benzene rings is 2. The second-order valence-electron chi connectivity index (χ2n) is 4.49. The molecule has 0 amide bonds. The quantitative estimate of drug-likeness (QED) is 0.834. The molecule has 108 valence electrons. The highest BCUT2D eigenvalue weighted by Crippen LogP contribution is 2.25. The van der Waals surface area contributed by atoms with Crippen molar-refractivity contribution in [1.29, 1.82) is 0 Å². The molecule has 0 spiro atoms. The van der Waals surface area contributed by atoms with Crippen molar-refractivity contribution in [3.63, 3.8) is 0 Å². The summed E-state index contributed by atoms with van der Waals surface area (Å²) in [5.74, 6) is -0.622. The molecule has 0 saturated carbocycles. The molecule has 21 heavy (non-hydrogen) atoms. The van der Waals surface area contributed by atoms with Gasteiger partial charge in [-0.2, -0.15) is 0 Å². The predicted octanol–water partition coefficient (Wildman–Crippen LogP) is 4.28. The fourth-order valence-corrected chi connectivity index (χ4v) is 1.87. The number of carboxylic acids is 1. The van der Waals surface area contributed by atoms with Gasteiger partial charge in [0.05, 0.1) is 0 Å². The van der Waals surface area contributed by atoms with Gasteiger partial charge in [-0.15, -0.1) is 0 Å². The third kappa shape index (κ3) is 4.45. The van der Waals surface area contributed by atoms with Crippen molar-refractivity contribution in [2.24, 2.45) is 0 Å². The lowest BCUT2D eigenvalue weighted by Crippen LogP contribution is -1.90. The molecule has 0 aliphatic carbocycles. The van der Waals surface area contributed by atoms with Crippen LogP contribution in [0.1, 0.15) is 18.1 Å². The molecule has 0 heterocycles. The van der Waals surface area contributed by atoms with Crippen LogP contribution in [-0.2, 0) is 11.2 Å². The van der Waals surface area contributed by atoms with Crippen LogP contribution in [0.25, 0.3) is 6.08 Å². The molecule has 0 atom stereocenters. The number of aliphatic carboxylic acids is 1.